The molecule has 2 aliphatic heterocycles. The highest BCUT2D eigenvalue weighted by molar-refractivity contribution is 4.99. The molecule has 3 heteroatoms. The molecular formula is C32H69N3. The number of nitrogens with zero attached hydrogens (tertiary/aromatic N) is 2. The second kappa shape index (κ2) is 13.6. The Morgan fingerprint density at radius 2 is 1.00 bits per heavy atom. The van der Waals surface area contributed by atoms with Gasteiger partial charge in [0.1, 0.15) is 0 Å². The first kappa shape index (κ1) is 34.9. The lowest BCUT2D eigenvalue weighted by atomic mass is 9.65. The lowest BCUT2D eigenvalue weighted by Crippen LogP contribution is -2.57. The molecule has 0 aliphatic carbocycles. The molecule has 2 rings (SSSR count). The van der Waals surface area contributed by atoms with Crippen molar-refractivity contribution in [3.8, 4) is 0 Å². The van der Waals surface area contributed by atoms with Gasteiger partial charge in [0.2, 0.25) is 0 Å². The minimum Gasteiger partial charge on any atom is -0.333 e. The van der Waals surface area contributed by atoms with Gasteiger partial charge in [0, 0.05) is 11.1 Å². The third kappa shape index (κ3) is 8.99. The van der Waals surface area contributed by atoms with Crippen LogP contribution in [0.2, 0.25) is 0 Å². The van der Waals surface area contributed by atoms with Crippen molar-refractivity contribution in [1.29, 1.82) is 0 Å². The van der Waals surface area contributed by atoms with Crippen LogP contribution >= 0.6 is 0 Å². The van der Waals surface area contributed by atoms with Crippen molar-refractivity contribution in [2.45, 2.75) is 147 Å². The molecular weight excluding hydrogens is 426 g/mol. The zero-order chi connectivity index (χ0) is 27.9. The topological polar surface area (TPSA) is 32.5 Å². The van der Waals surface area contributed by atoms with E-state index in [1.807, 2.05) is 13.8 Å². The first-order valence-corrected chi connectivity index (χ1v) is 15.0. The van der Waals surface area contributed by atoms with Crippen LogP contribution in [0.4, 0.5) is 0 Å². The van der Waals surface area contributed by atoms with Crippen molar-refractivity contribution in [2.24, 2.45) is 33.8 Å². The predicted molar refractivity (Wildman–Crippen MR) is 160 cm³/mol. The third-order valence-corrected chi connectivity index (χ3v) is 10.4. The number of hydrogen-bond donors (Lipinski definition) is 1. The van der Waals surface area contributed by atoms with Crippen molar-refractivity contribution in [1.82, 2.24) is 9.80 Å². The standard InChI is InChI=1S/C29H58N2.C2H6.CH5N/c1-13-27(7,8)29(11,12)31-20-16-24(17-21-31)26(5,6)22-28(9,10)30-18-14-23(15-19-30)25(2,3)4;2*1-2/h23-24H,13-22H2,1-12H3;1-2H3;2H2,1H3. The molecule has 2 N–H and O–H groups in total. The van der Waals surface area contributed by atoms with Crippen LogP contribution in [0.5, 0.6) is 0 Å². The van der Waals surface area contributed by atoms with Gasteiger partial charge in [0.05, 0.1) is 0 Å². The van der Waals surface area contributed by atoms with E-state index in [-0.39, 0.29) is 5.54 Å². The monoisotopic (exact) mass is 496 g/mol. The molecule has 2 aliphatic rings. The summed E-state index contributed by atoms with van der Waals surface area (Å²) < 4.78 is 0. The van der Waals surface area contributed by atoms with Crippen LogP contribution in [0, 0.1) is 28.1 Å². The summed E-state index contributed by atoms with van der Waals surface area (Å²) >= 11 is 0. The van der Waals surface area contributed by atoms with E-state index in [1.165, 1.54) is 71.8 Å². The van der Waals surface area contributed by atoms with Gasteiger partial charge in [-0.05, 0) is 128 Å². The Bertz CT molecular complexity index is 566. The molecule has 35 heavy (non-hydrogen) atoms. The summed E-state index contributed by atoms with van der Waals surface area (Å²) in [6, 6.07) is 0. The Kier molecular flexibility index (Phi) is 13.6. The maximum absolute atomic E-state index is 4.50. The SMILES string of the molecule is CC.CCC(C)(C)C(C)(C)N1CCC(C(C)(C)CC(C)(C)N2CCC(C(C)(C)C)CC2)CC1.CN. The summed E-state index contributed by atoms with van der Waals surface area (Å²) in [6.07, 6.45) is 8.01. The maximum Gasteiger partial charge on any atom is 0.0204 e. The average Bonchev–Trinajstić information content (AvgIpc) is 2.80. The van der Waals surface area contributed by atoms with Gasteiger partial charge < -0.3 is 5.73 Å². The number of likely N-dealkylation sites (tertiary alicyclic amines) is 2. The fraction of sp³-hybridized carbons (Fsp3) is 1.00. The number of hydrogen-bond acceptors (Lipinski definition) is 3. The molecule has 0 radical (unpaired) electrons. The molecule has 3 nitrogen and oxygen atoms in total. The Balaban J connectivity index is 0.00000274. The molecule has 0 aromatic rings. The van der Waals surface area contributed by atoms with Gasteiger partial charge in [-0.25, -0.2) is 0 Å². The van der Waals surface area contributed by atoms with Crippen molar-refractivity contribution in [2.75, 3.05) is 33.2 Å². The van der Waals surface area contributed by atoms with E-state index in [4.69, 9.17) is 0 Å². The molecule has 0 aromatic carbocycles. The van der Waals surface area contributed by atoms with E-state index in [9.17, 15) is 0 Å². The molecule has 0 amide bonds. The van der Waals surface area contributed by atoms with E-state index in [2.05, 4.69) is 98.6 Å². The molecule has 0 unspecified atom stereocenters. The average molecular weight is 496 g/mol. The van der Waals surface area contributed by atoms with Gasteiger partial charge >= 0.3 is 0 Å². The van der Waals surface area contributed by atoms with E-state index >= 15 is 0 Å². The first-order valence-electron chi connectivity index (χ1n) is 15.0. The van der Waals surface area contributed by atoms with Crippen LogP contribution in [-0.4, -0.2) is 54.1 Å². The Morgan fingerprint density at radius 1 is 0.629 bits per heavy atom. The molecule has 0 saturated carbocycles. The zero-order valence-corrected chi connectivity index (χ0v) is 27.2. The Hall–Kier alpha value is -0.120. The summed E-state index contributed by atoms with van der Waals surface area (Å²) in [6.45, 7) is 38.8. The van der Waals surface area contributed by atoms with Gasteiger partial charge in [-0.1, -0.05) is 69.2 Å². The van der Waals surface area contributed by atoms with Gasteiger partial charge in [-0.3, -0.25) is 9.80 Å². The highest BCUT2D eigenvalue weighted by Gasteiger charge is 2.45. The lowest BCUT2D eigenvalue weighted by molar-refractivity contribution is -0.0408. The zero-order valence-electron chi connectivity index (χ0n) is 27.2. The van der Waals surface area contributed by atoms with Crippen LogP contribution in [-0.2, 0) is 0 Å². The summed E-state index contributed by atoms with van der Waals surface area (Å²) in [5.74, 6) is 1.73. The summed E-state index contributed by atoms with van der Waals surface area (Å²) in [5, 5.41) is 0. The first-order chi connectivity index (χ1) is 15.9. The smallest absolute Gasteiger partial charge is 0.0204 e. The minimum atomic E-state index is 0.271. The molecule has 2 saturated heterocycles. The molecule has 2 fully saturated rings. The Labute approximate surface area is 223 Å². The summed E-state index contributed by atoms with van der Waals surface area (Å²) in [4.78, 5) is 5.62. The normalized spacial score (nSPS) is 20.6. The van der Waals surface area contributed by atoms with E-state index in [0.29, 0.717) is 21.8 Å². The molecule has 0 aromatic heterocycles. The maximum atomic E-state index is 4.50. The molecule has 0 atom stereocenters. The van der Waals surface area contributed by atoms with Crippen LogP contribution in [0.25, 0.3) is 0 Å². The van der Waals surface area contributed by atoms with Crippen LogP contribution in [0.15, 0.2) is 0 Å². The summed E-state index contributed by atoms with van der Waals surface area (Å²) in [7, 11) is 1.50. The van der Waals surface area contributed by atoms with Crippen molar-refractivity contribution >= 4 is 0 Å². The summed E-state index contributed by atoms with van der Waals surface area (Å²) in [5.41, 5.74) is 6.29. The van der Waals surface area contributed by atoms with Gasteiger partial charge in [-0.15, -0.1) is 0 Å². The van der Waals surface area contributed by atoms with Crippen molar-refractivity contribution < 1.29 is 0 Å². The fourth-order valence-electron chi connectivity index (χ4n) is 6.80. The fourth-order valence-corrected chi connectivity index (χ4v) is 6.80. The highest BCUT2D eigenvalue weighted by Crippen LogP contribution is 2.46. The van der Waals surface area contributed by atoms with Gasteiger partial charge in [-0.2, -0.15) is 0 Å². The second-order valence-electron chi connectivity index (χ2n) is 14.7. The minimum absolute atomic E-state index is 0.271. The molecule has 2 heterocycles. The molecule has 0 spiro atoms. The van der Waals surface area contributed by atoms with E-state index in [0.717, 1.165) is 11.8 Å². The van der Waals surface area contributed by atoms with E-state index < -0.39 is 0 Å². The van der Waals surface area contributed by atoms with Crippen LogP contribution in [0.3, 0.4) is 0 Å². The van der Waals surface area contributed by atoms with Crippen molar-refractivity contribution in [3.05, 3.63) is 0 Å². The predicted octanol–water partition coefficient (Wildman–Crippen LogP) is 8.47. The van der Waals surface area contributed by atoms with Gasteiger partial charge in [0.15, 0.2) is 0 Å². The largest absolute Gasteiger partial charge is 0.333 e. The van der Waals surface area contributed by atoms with Crippen LogP contribution in [0.1, 0.15) is 135 Å². The van der Waals surface area contributed by atoms with Crippen LogP contribution < -0.4 is 5.73 Å². The Morgan fingerprint density at radius 3 is 1.37 bits per heavy atom. The number of nitrogens with two attached hydrogens (primary N) is 1. The number of piperidine rings is 2. The van der Waals surface area contributed by atoms with Crippen molar-refractivity contribution in [3.63, 3.8) is 0 Å². The van der Waals surface area contributed by atoms with E-state index in [1.54, 1.807) is 0 Å². The quantitative estimate of drug-likeness (QED) is 0.384. The molecule has 212 valence electrons. The number of rotatable bonds is 7. The highest BCUT2D eigenvalue weighted by atomic mass is 15.2. The second-order valence-corrected chi connectivity index (χ2v) is 14.7. The molecule has 0 bridgehead atoms. The third-order valence-electron chi connectivity index (χ3n) is 10.4. The lowest BCUT2D eigenvalue weighted by Gasteiger charge is -2.54. The van der Waals surface area contributed by atoms with Gasteiger partial charge in [0.25, 0.3) is 0 Å².